The fraction of sp³-hybridized carbons (Fsp3) is 0.611. The Morgan fingerprint density at radius 1 is 1.09 bits per heavy atom. The monoisotopic (exact) mass is 303 g/mol. The van der Waals surface area contributed by atoms with Crippen LogP contribution in [0.15, 0.2) is 29.3 Å². The molecule has 4 heteroatoms. The highest BCUT2D eigenvalue weighted by Gasteiger charge is 2.14. The molecule has 0 radical (unpaired) electrons. The summed E-state index contributed by atoms with van der Waals surface area (Å²) in [7, 11) is 8.06. The molecule has 0 heterocycles. The Kier molecular flexibility index (Phi) is 6.10. The second-order valence-electron chi connectivity index (χ2n) is 6.43. The van der Waals surface area contributed by atoms with Gasteiger partial charge in [0.05, 0.1) is 12.6 Å². The van der Waals surface area contributed by atoms with E-state index in [2.05, 4.69) is 24.3 Å². The molecule has 0 spiro atoms. The van der Waals surface area contributed by atoms with Crippen molar-refractivity contribution in [3.8, 4) is 5.75 Å². The van der Waals surface area contributed by atoms with Gasteiger partial charge in [0.1, 0.15) is 5.75 Å². The first-order valence-corrected chi connectivity index (χ1v) is 8.21. The largest absolute Gasteiger partial charge is 0.490 e. The Hall–Kier alpha value is -1.71. The van der Waals surface area contributed by atoms with E-state index in [1.807, 2.05) is 38.0 Å². The van der Waals surface area contributed by atoms with Gasteiger partial charge in [-0.2, -0.15) is 0 Å². The van der Waals surface area contributed by atoms with Crippen LogP contribution < -0.4 is 4.74 Å². The van der Waals surface area contributed by atoms with Crippen molar-refractivity contribution in [3.63, 3.8) is 0 Å². The topological polar surface area (TPSA) is 28.1 Å². The van der Waals surface area contributed by atoms with Gasteiger partial charge in [0.15, 0.2) is 5.96 Å². The van der Waals surface area contributed by atoms with Crippen LogP contribution >= 0.6 is 0 Å². The van der Waals surface area contributed by atoms with E-state index in [9.17, 15) is 0 Å². The zero-order valence-corrected chi connectivity index (χ0v) is 14.4. The Morgan fingerprint density at radius 2 is 1.77 bits per heavy atom. The molecule has 0 unspecified atom stereocenters. The van der Waals surface area contributed by atoms with E-state index in [0.717, 1.165) is 11.7 Å². The Bertz CT molecular complexity index is 481. The molecule has 1 aromatic carbocycles. The Morgan fingerprint density at radius 3 is 2.41 bits per heavy atom. The molecule has 4 nitrogen and oxygen atoms in total. The number of benzene rings is 1. The van der Waals surface area contributed by atoms with Crippen LogP contribution in [0.3, 0.4) is 0 Å². The van der Waals surface area contributed by atoms with Gasteiger partial charge >= 0.3 is 0 Å². The zero-order valence-electron chi connectivity index (χ0n) is 14.4. The molecule has 0 amide bonds. The Balaban J connectivity index is 2.00. The minimum atomic E-state index is 0.395. The van der Waals surface area contributed by atoms with Gasteiger partial charge in [-0.05, 0) is 43.4 Å². The molecule has 0 N–H and O–H groups in total. The van der Waals surface area contributed by atoms with Crippen LogP contribution in [-0.4, -0.2) is 50.1 Å². The first-order chi connectivity index (χ1) is 10.6. The number of hydrogen-bond donors (Lipinski definition) is 0. The van der Waals surface area contributed by atoms with Crippen LogP contribution in [-0.2, 0) is 6.54 Å². The summed E-state index contributed by atoms with van der Waals surface area (Å²) in [6, 6.07) is 8.36. The fourth-order valence-electron chi connectivity index (χ4n) is 2.94. The van der Waals surface area contributed by atoms with Crippen LogP contribution in [0, 0.1) is 0 Å². The minimum Gasteiger partial charge on any atom is -0.490 e. The van der Waals surface area contributed by atoms with Gasteiger partial charge in [0.2, 0.25) is 0 Å². The van der Waals surface area contributed by atoms with Crippen molar-refractivity contribution in [3.05, 3.63) is 29.8 Å². The second-order valence-corrected chi connectivity index (χ2v) is 6.43. The molecule has 0 aromatic heterocycles. The molecular formula is C18H29N3O. The normalized spacial score (nSPS) is 15.3. The summed E-state index contributed by atoms with van der Waals surface area (Å²) >= 11 is 0. The number of ether oxygens (including phenoxy) is 1. The highest BCUT2D eigenvalue weighted by Crippen LogP contribution is 2.24. The third kappa shape index (κ3) is 4.93. The summed E-state index contributed by atoms with van der Waals surface area (Å²) in [5.74, 6) is 1.95. The summed E-state index contributed by atoms with van der Waals surface area (Å²) in [5.41, 5.74) is 1.19. The maximum atomic E-state index is 6.13. The van der Waals surface area contributed by atoms with Crippen LogP contribution in [0.5, 0.6) is 5.75 Å². The quantitative estimate of drug-likeness (QED) is 0.630. The molecule has 1 fully saturated rings. The zero-order chi connectivity index (χ0) is 15.9. The van der Waals surface area contributed by atoms with E-state index in [-0.39, 0.29) is 0 Å². The lowest BCUT2D eigenvalue weighted by atomic mass is 9.98. The van der Waals surface area contributed by atoms with E-state index >= 15 is 0 Å². The van der Waals surface area contributed by atoms with Crippen LogP contribution in [0.2, 0.25) is 0 Å². The summed E-state index contributed by atoms with van der Waals surface area (Å²) in [6.07, 6.45) is 6.72. The molecule has 0 bridgehead atoms. The lowest BCUT2D eigenvalue weighted by Gasteiger charge is -2.23. The van der Waals surface area contributed by atoms with E-state index < -0.39 is 0 Å². The van der Waals surface area contributed by atoms with Crippen molar-refractivity contribution in [2.24, 2.45) is 4.99 Å². The van der Waals surface area contributed by atoms with Crippen LogP contribution in [0.1, 0.15) is 37.7 Å². The molecule has 0 saturated heterocycles. The highest BCUT2D eigenvalue weighted by molar-refractivity contribution is 5.79. The second kappa shape index (κ2) is 8.06. The smallest absolute Gasteiger partial charge is 0.195 e. The molecule has 0 atom stereocenters. The minimum absolute atomic E-state index is 0.395. The third-order valence-corrected chi connectivity index (χ3v) is 3.96. The summed E-state index contributed by atoms with van der Waals surface area (Å²) in [5, 5.41) is 0. The van der Waals surface area contributed by atoms with Crippen LogP contribution in [0.25, 0.3) is 0 Å². The van der Waals surface area contributed by atoms with Gasteiger partial charge in [-0.15, -0.1) is 0 Å². The number of rotatable bonds is 4. The molecule has 0 aliphatic heterocycles. The summed E-state index contributed by atoms with van der Waals surface area (Å²) in [4.78, 5) is 8.75. The average molecular weight is 303 g/mol. The van der Waals surface area contributed by atoms with E-state index in [0.29, 0.717) is 12.6 Å². The first kappa shape index (κ1) is 16.7. The lowest BCUT2D eigenvalue weighted by molar-refractivity contribution is 0.155. The number of nitrogens with zero attached hydrogens (tertiary/aromatic N) is 3. The number of hydrogen-bond acceptors (Lipinski definition) is 2. The number of aliphatic imine (C=N–C) groups is 1. The molecular weight excluding hydrogens is 274 g/mol. The third-order valence-electron chi connectivity index (χ3n) is 3.96. The van der Waals surface area contributed by atoms with Gasteiger partial charge in [-0.25, -0.2) is 4.99 Å². The molecule has 1 aliphatic rings. The van der Waals surface area contributed by atoms with Crippen LogP contribution in [0.4, 0.5) is 0 Å². The first-order valence-electron chi connectivity index (χ1n) is 8.21. The van der Waals surface area contributed by atoms with Gasteiger partial charge in [0, 0.05) is 28.2 Å². The number of guanidine groups is 1. The van der Waals surface area contributed by atoms with Crippen molar-refractivity contribution in [1.29, 1.82) is 0 Å². The van der Waals surface area contributed by atoms with Gasteiger partial charge in [0.25, 0.3) is 0 Å². The predicted octanol–water partition coefficient (Wildman–Crippen LogP) is 3.38. The van der Waals surface area contributed by atoms with Crippen molar-refractivity contribution in [2.45, 2.75) is 44.8 Å². The maximum absolute atomic E-state index is 6.13. The van der Waals surface area contributed by atoms with Crippen molar-refractivity contribution < 1.29 is 4.74 Å². The maximum Gasteiger partial charge on any atom is 0.195 e. The summed E-state index contributed by atoms with van der Waals surface area (Å²) < 4.78 is 6.13. The van der Waals surface area contributed by atoms with E-state index in [1.165, 1.54) is 37.7 Å². The molecule has 1 saturated carbocycles. The van der Waals surface area contributed by atoms with Gasteiger partial charge < -0.3 is 14.5 Å². The standard InChI is InChI=1S/C18H29N3O/c1-20(2)18(21(3)4)19-14-15-9-8-12-17(13-15)22-16-10-6-5-7-11-16/h8-9,12-13,16H,5-7,10-11,14H2,1-4H3. The molecule has 1 aliphatic carbocycles. The lowest BCUT2D eigenvalue weighted by Crippen LogP contribution is -2.35. The van der Waals surface area contributed by atoms with E-state index in [4.69, 9.17) is 9.73 Å². The SMILES string of the molecule is CN(C)C(=NCc1cccc(OC2CCCCC2)c1)N(C)C. The van der Waals surface area contributed by atoms with E-state index in [1.54, 1.807) is 0 Å². The van der Waals surface area contributed by atoms with Gasteiger partial charge in [-0.1, -0.05) is 18.6 Å². The van der Waals surface area contributed by atoms with Crippen molar-refractivity contribution >= 4 is 5.96 Å². The highest BCUT2D eigenvalue weighted by atomic mass is 16.5. The molecule has 2 rings (SSSR count). The predicted molar refractivity (Wildman–Crippen MR) is 92.5 cm³/mol. The molecule has 122 valence electrons. The molecule has 1 aromatic rings. The fourth-order valence-corrected chi connectivity index (χ4v) is 2.94. The summed E-state index contributed by atoms with van der Waals surface area (Å²) in [6.45, 7) is 0.674. The average Bonchev–Trinajstić information content (AvgIpc) is 2.48. The Labute approximate surface area is 134 Å². The van der Waals surface area contributed by atoms with Gasteiger partial charge in [-0.3, -0.25) is 0 Å². The molecule has 22 heavy (non-hydrogen) atoms. The van der Waals surface area contributed by atoms with Crippen molar-refractivity contribution in [2.75, 3.05) is 28.2 Å². The van der Waals surface area contributed by atoms with Crippen molar-refractivity contribution in [1.82, 2.24) is 9.80 Å².